The quantitative estimate of drug-likeness (QED) is 0.820. The third-order valence-corrected chi connectivity index (χ3v) is 6.60. The van der Waals surface area contributed by atoms with Crippen molar-refractivity contribution in [2.75, 3.05) is 31.1 Å². The molecule has 0 unspecified atom stereocenters. The lowest BCUT2D eigenvalue weighted by Gasteiger charge is -2.31. The zero-order valence-electron chi connectivity index (χ0n) is 15.4. The van der Waals surface area contributed by atoms with E-state index in [4.69, 9.17) is 0 Å². The van der Waals surface area contributed by atoms with Gasteiger partial charge in [-0.3, -0.25) is 4.79 Å². The first kappa shape index (κ1) is 21.2. The highest BCUT2D eigenvalue weighted by Crippen LogP contribution is 2.30. The zero-order valence-corrected chi connectivity index (χ0v) is 17.0. The molecule has 0 spiro atoms. The van der Waals surface area contributed by atoms with Crippen molar-refractivity contribution in [2.45, 2.75) is 50.5 Å². The number of anilines is 1. The van der Waals surface area contributed by atoms with Crippen LogP contribution in [0.15, 0.2) is 23.1 Å². The number of amides is 1. The van der Waals surface area contributed by atoms with Crippen molar-refractivity contribution >= 4 is 34.0 Å². The lowest BCUT2D eigenvalue weighted by atomic mass is 10.1. The first-order valence-electron chi connectivity index (χ1n) is 9.06. The maximum atomic E-state index is 12.7. The molecule has 0 radical (unpaired) electrons. The van der Waals surface area contributed by atoms with Crippen LogP contribution in [0, 0.1) is 0 Å². The molecule has 1 saturated heterocycles. The summed E-state index contributed by atoms with van der Waals surface area (Å²) in [5.41, 5.74) is 1.76. The smallest absolute Gasteiger partial charge is 0.240 e. The highest BCUT2D eigenvalue weighted by atomic mass is 35.5. The SMILES string of the molecule is CCCN1CCC(NS(=O)(=O)c2ccc3c(c2)CCN3C(C)=O)CC1.Cl. The van der Waals surface area contributed by atoms with E-state index >= 15 is 0 Å². The molecular formula is C18H28ClN3O3S. The Morgan fingerprint density at radius 1 is 1.23 bits per heavy atom. The zero-order chi connectivity index (χ0) is 18.0. The van der Waals surface area contributed by atoms with Gasteiger partial charge in [-0.25, -0.2) is 13.1 Å². The summed E-state index contributed by atoms with van der Waals surface area (Å²) in [5.74, 6) is -0.00804. The van der Waals surface area contributed by atoms with Crippen molar-refractivity contribution < 1.29 is 13.2 Å². The summed E-state index contributed by atoms with van der Waals surface area (Å²) in [5, 5.41) is 0. The first-order chi connectivity index (χ1) is 11.9. The minimum absolute atomic E-state index is 0. The van der Waals surface area contributed by atoms with E-state index in [9.17, 15) is 13.2 Å². The number of piperidine rings is 1. The number of sulfonamides is 1. The van der Waals surface area contributed by atoms with Gasteiger partial charge in [-0.2, -0.15) is 0 Å². The number of nitrogens with one attached hydrogen (secondary N) is 1. The Morgan fingerprint density at radius 3 is 2.54 bits per heavy atom. The molecule has 2 heterocycles. The summed E-state index contributed by atoms with van der Waals surface area (Å²) in [6, 6.07) is 5.07. The van der Waals surface area contributed by atoms with Crippen molar-refractivity contribution in [3.63, 3.8) is 0 Å². The molecule has 1 amide bonds. The van der Waals surface area contributed by atoms with E-state index in [0.717, 1.165) is 50.1 Å². The third kappa shape index (κ3) is 4.57. The molecule has 146 valence electrons. The second-order valence-electron chi connectivity index (χ2n) is 6.95. The molecule has 6 nitrogen and oxygen atoms in total. The Hall–Kier alpha value is -1.15. The summed E-state index contributed by atoms with van der Waals surface area (Å²) in [4.78, 5) is 16.0. The van der Waals surface area contributed by atoms with Crippen molar-refractivity contribution in [2.24, 2.45) is 0 Å². The fourth-order valence-corrected chi connectivity index (χ4v) is 5.11. The number of likely N-dealkylation sites (tertiary alicyclic amines) is 1. The van der Waals surface area contributed by atoms with E-state index in [1.807, 2.05) is 0 Å². The molecule has 0 bridgehead atoms. The minimum atomic E-state index is -3.52. The van der Waals surface area contributed by atoms with Gasteiger partial charge in [0.25, 0.3) is 0 Å². The average molecular weight is 402 g/mol. The fourth-order valence-electron chi connectivity index (χ4n) is 3.75. The minimum Gasteiger partial charge on any atom is -0.312 e. The summed E-state index contributed by atoms with van der Waals surface area (Å²) in [6.45, 7) is 7.29. The molecule has 2 aliphatic heterocycles. The summed E-state index contributed by atoms with van der Waals surface area (Å²) < 4.78 is 28.3. The van der Waals surface area contributed by atoms with Crippen LogP contribution in [0.4, 0.5) is 5.69 Å². The number of carbonyl (C=O) groups excluding carboxylic acids is 1. The van der Waals surface area contributed by atoms with E-state index in [2.05, 4.69) is 16.5 Å². The molecule has 3 rings (SSSR count). The van der Waals surface area contributed by atoms with Gasteiger partial charge in [-0.1, -0.05) is 6.92 Å². The molecule has 1 aromatic rings. The molecule has 2 aliphatic rings. The van der Waals surface area contributed by atoms with Crippen LogP contribution >= 0.6 is 12.4 Å². The Kier molecular flexibility index (Phi) is 7.07. The van der Waals surface area contributed by atoms with Gasteiger partial charge >= 0.3 is 0 Å². The van der Waals surface area contributed by atoms with E-state index in [1.165, 1.54) is 6.92 Å². The van der Waals surface area contributed by atoms with Crippen LogP contribution in [0.3, 0.4) is 0 Å². The van der Waals surface area contributed by atoms with Gasteiger partial charge in [0.05, 0.1) is 4.90 Å². The second-order valence-corrected chi connectivity index (χ2v) is 8.66. The van der Waals surface area contributed by atoms with Crippen LogP contribution in [0.2, 0.25) is 0 Å². The Balaban J connectivity index is 0.00000243. The molecule has 0 saturated carbocycles. The van der Waals surface area contributed by atoms with Crippen molar-refractivity contribution in [1.82, 2.24) is 9.62 Å². The monoisotopic (exact) mass is 401 g/mol. The largest absolute Gasteiger partial charge is 0.312 e. The molecule has 1 aromatic carbocycles. The van der Waals surface area contributed by atoms with Crippen LogP contribution in [0.1, 0.15) is 38.7 Å². The number of hydrogen-bond donors (Lipinski definition) is 1. The number of nitrogens with zero attached hydrogens (tertiary/aromatic N) is 2. The molecule has 0 aromatic heterocycles. The maximum Gasteiger partial charge on any atom is 0.240 e. The molecule has 26 heavy (non-hydrogen) atoms. The van der Waals surface area contributed by atoms with Gasteiger partial charge in [-0.05, 0) is 69.1 Å². The lowest BCUT2D eigenvalue weighted by molar-refractivity contribution is -0.116. The Morgan fingerprint density at radius 2 is 1.92 bits per heavy atom. The number of halogens is 1. The van der Waals surface area contributed by atoms with Crippen LogP contribution in [-0.4, -0.2) is 51.4 Å². The average Bonchev–Trinajstić information content (AvgIpc) is 3.00. The predicted octanol–water partition coefficient (Wildman–Crippen LogP) is 2.17. The normalized spacial score (nSPS) is 18.5. The molecule has 0 atom stereocenters. The number of carbonyl (C=O) groups is 1. The van der Waals surface area contributed by atoms with E-state index in [1.54, 1.807) is 23.1 Å². The number of hydrogen-bond acceptors (Lipinski definition) is 4. The number of fused-ring (bicyclic) bond motifs is 1. The third-order valence-electron chi connectivity index (χ3n) is 5.09. The number of benzene rings is 1. The van der Waals surface area contributed by atoms with E-state index in [-0.39, 0.29) is 24.4 Å². The lowest BCUT2D eigenvalue weighted by Crippen LogP contribution is -2.44. The van der Waals surface area contributed by atoms with Gasteiger partial charge in [0.15, 0.2) is 0 Å². The summed E-state index contributed by atoms with van der Waals surface area (Å²) in [6.07, 6.45) is 3.53. The van der Waals surface area contributed by atoms with Crippen LogP contribution in [0.5, 0.6) is 0 Å². The predicted molar refractivity (Wildman–Crippen MR) is 105 cm³/mol. The van der Waals surface area contributed by atoms with Crippen LogP contribution in [-0.2, 0) is 21.2 Å². The topological polar surface area (TPSA) is 69.7 Å². The maximum absolute atomic E-state index is 12.7. The van der Waals surface area contributed by atoms with E-state index < -0.39 is 10.0 Å². The Labute approximate surface area is 162 Å². The van der Waals surface area contributed by atoms with Crippen LogP contribution in [0.25, 0.3) is 0 Å². The highest BCUT2D eigenvalue weighted by Gasteiger charge is 2.27. The number of rotatable bonds is 5. The van der Waals surface area contributed by atoms with Gasteiger partial charge in [-0.15, -0.1) is 12.4 Å². The highest BCUT2D eigenvalue weighted by molar-refractivity contribution is 7.89. The van der Waals surface area contributed by atoms with Gasteiger partial charge in [0, 0.05) is 25.2 Å². The van der Waals surface area contributed by atoms with Gasteiger partial charge in [0.2, 0.25) is 15.9 Å². The molecule has 1 N–H and O–H groups in total. The molecule has 1 fully saturated rings. The standard InChI is InChI=1S/C18H27N3O3S.ClH/c1-3-9-20-10-7-16(8-11-20)19-25(23,24)17-4-5-18-15(13-17)6-12-21(18)14(2)22;/h4-5,13,16,19H,3,6-12H2,1-2H3;1H. The Bertz CT molecular complexity index is 746. The summed E-state index contributed by atoms with van der Waals surface area (Å²) in [7, 11) is -3.52. The second kappa shape index (κ2) is 8.69. The molecular weight excluding hydrogens is 374 g/mol. The molecule has 0 aliphatic carbocycles. The van der Waals surface area contributed by atoms with Gasteiger partial charge in [0.1, 0.15) is 0 Å². The fraction of sp³-hybridized carbons (Fsp3) is 0.611. The van der Waals surface area contributed by atoms with Crippen LogP contribution < -0.4 is 9.62 Å². The van der Waals surface area contributed by atoms with E-state index in [0.29, 0.717) is 17.9 Å². The molecule has 8 heteroatoms. The van der Waals surface area contributed by atoms with Crippen molar-refractivity contribution in [3.8, 4) is 0 Å². The first-order valence-corrected chi connectivity index (χ1v) is 10.5. The van der Waals surface area contributed by atoms with Crippen molar-refractivity contribution in [1.29, 1.82) is 0 Å². The summed E-state index contributed by atoms with van der Waals surface area (Å²) >= 11 is 0. The van der Waals surface area contributed by atoms with Gasteiger partial charge < -0.3 is 9.80 Å². The van der Waals surface area contributed by atoms with Crippen molar-refractivity contribution in [3.05, 3.63) is 23.8 Å².